The number of benzene rings is 6. The van der Waals surface area contributed by atoms with Gasteiger partial charge in [0, 0.05) is 34.9 Å². The van der Waals surface area contributed by atoms with E-state index in [-0.39, 0.29) is 0 Å². The van der Waals surface area contributed by atoms with Gasteiger partial charge in [-0.2, -0.15) is 0 Å². The molecule has 5 nitrogen and oxygen atoms in total. The topological polar surface area (TPSA) is 64.5 Å². The molecule has 0 spiro atoms. The van der Waals surface area contributed by atoms with Crippen LogP contribution >= 0.6 is 0 Å². The number of nitrogens with zero attached hydrogens (tertiary/aromatic N) is 5. The molecule has 10 aromatic rings. The minimum absolute atomic E-state index is 0.697. The molecule has 0 atom stereocenters. The highest BCUT2D eigenvalue weighted by Crippen LogP contribution is 2.40. The van der Waals surface area contributed by atoms with Crippen molar-refractivity contribution in [1.82, 2.24) is 24.9 Å². The quantitative estimate of drug-likeness (QED) is 0.142. The average molecular weight is 638 g/mol. The summed E-state index contributed by atoms with van der Waals surface area (Å²) in [7, 11) is 0. The molecule has 232 valence electrons. The van der Waals surface area contributed by atoms with E-state index in [1.54, 1.807) is 12.4 Å². The van der Waals surface area contributed by atoms with E-state index in [2.05, 4.69) is 119 Å². The Hall–Kier alpha value is -6.85. The van der Waals surface area contributed by atoms with Crippen LogP contribution in [0.5, 0.6) is 0 Å². The second-order valence-corrected chi connectivity index (χ2v) is 12.5. The van der Waals surface area contributed by atoms with E-state index in [0.29, 0.717) is 5.82 Å². The molecule has 0 aliphatic heterocycles. The molecule has 0 aliphatic carbocycles. The lowest BCUT2D eigenvalue weighted by atomic mass is 9.93. The van der Waals surface area contributed by atoms with Gasteiger partial charge in [0.15, 0.2) is 5.82 Å². The van der Waals surface area contributed by atoms with Crippen LogP contribution in [-0.2, 0) is 0 Å². The lowest BCUT2D eigenvalue weighted by molar-refractivity contribution is 1.22. The first kappa shape index (κ1) is 28.2. The number of pyridine rings is 3. The molecule has 0 saturated heterocycles. The summed E-state index contributed by atoms with van der Waals surface area (Å²) in [5.41, 5.74) is 7.27. The first-order valence-electron chi connectivity index (χ1n) is 16.7. The number of rotatable bonds is 4. The van der Waals surface area contributed by atoms with E-state index in [0.717, 1.165) is 71.9 Å². The van der Waals surface area contributed by atoms with Gasteiger partial charge in [-0.3, -0.25) is 9.97 Å². The van der Waals surface area contributed by atoms with Crippen LogP contribution in [0.15, 0.2) is 164 Å². The second-order valence-electron chi connectivity index (χ2n) is 12.5. The summed E-state index contributed by atoms with van der Waals surface area (Å²) >= 11 is 0. The van der Waals surface area contributed by atoms with Crippen molar-refractivity contribution in [2.24, 2.45) is 0 Å². The molecule has 0 saturated carbocycles. The zero-order valence-corrected chi connectivity index (χ0v) is 26.8. The fraction of sp³-hybridized carbons (Fsp3) is 0. The van der Waals surface area contributed by atoms with Crippen LogP contribution in [-0.4, -0.2) is 24.9 Å². The first-order valence-corrected chi connectivity index (χ1v) is 16.7. The van der Waals surface area contributed by atoms with E-state index >= 15 is 0 Å². The zero-order valence-electron chi connectivity index (χ0n) is 26.8. The van der Waals surface area contributed by atoms with Gasteiger partial charge in [0.05, 0.1) is 28.3 Å². The van der Waals surface area contributed by atoms with E-state index < -0.39 is 0 Å². The normalized spacial score (nSPS) is 11.6. The third-order valence-electron chi connectivity index (χ3n) is 9.59. The average Bonchev–Trinajstić information content (AvgIpc) is 3.20. The Kier molecular flexibility index (Phi) is 6.42. The molecule has 5 heteroatoms. The third kappa shape index (κ3) is 4.60. The molecule has 0 bridgehead atoms. The lowest BCUT2D eigenvalue weighted by Crippen LogP contribution is -1.96. The Labute approximate surface area is 287 Å². The van der Waals surface area contributed by atoms with Crippen molar-refractivity contribution in [2.45, 2.75) is 0 Å². The van der Waals surface area contributed by atoms with Gasteiger partial charge in [-0.05, 0) is 103 Å². The van der Waals surface area contributed by atoms with Crippen LogP contribution in [0.25, 0.3) is 99.3 Å². The van der Waals surface area contributed by atoms with Gasteiger partial charge in [-0.15, -0.1) is 0 Å². The molecule has 0 N–H and O–H groups in total. The predicted octanol–water partition coefficient (Wildman–Crippen LogP) is 11.1. The summed E-state index contributed by atoms with van der Waals surface area (Å²) in [5.74, 6) is 0.697. The molecule has 0 amide bonds. The van der Waals surface area contributed by atoms with Gasteiger partial charge in [0.1, 0.15) is 0 Å². The van der Waals surface area contributed by atoms with Crippen LogP contribution in [0.4, 0.5) is 0 Å². The Morgan fingerprint density at radius 1 is 0.340 bits per heavy atom. The smallest absolute Gasteiger partial charge is 0.160 e. The molecular formula is C45H27N5. The number of aromatic nitrogens is 5. The molecule has 0 aliphatic rings. The van der Waals surface area contributed by atoms with Gasteiger partial charge in [-0.25, -0.2) is 15.0 Å². The van der Waals surface area contributed by atoms with Gasteiger partial charge in [0.25, 0.3) is 0 Å². The number of hydrogen-bond acceptors (Lipinski definition) is 5. The third-order valence-corrected chi connectivity index (χ3v) is 9.59. The first-order chi connectivity index (χ1) is 24.8. The van der Waals surface area contributed by atoms with Crippen molar-refractivity contribution in [3.05, 3.63) is 164 Å². The Balaban J connectivity index is 1.20. The van der Waals surface area contributed by atoms with Crippen molar-refractivity contribution in [3.63, 3.8) is 0 Å². The summed E-state index contributed by atoms with van der Waals surface area (Å²) in [6, 6.07) is 50.5. The van der Waals surface area contributed by atoms with E-state index in [4.69, 9.17) is 15.0 Å². The number of fused-ring (bicyclic) bond motifs is 8. The van der Waals surface area contributed by atoms with Crippen LogP contribution in [0.3, 0.4) is 0 Å². The van der Waals surface area contributed by atoms with Crippen molar-refractivity contribution in [3.8, 4) is 45.3 Å². The highest BCUT2D eigenvalue weighted by Gasteiger charge is 2.17. The molecule has 6 aromatic carbocycles. The van der Waals surface area contributed by atoms with Gasteiger partial charge in [-0.1, -0.05) is 91.0 Å². The summed E-state index contributed by atoms with van der Waals surface area (Å²) in [6.07, 6.45) is 5.59. The monoisotopic (exact) mass is 637 g/mol. The minimum Gasteiger partial charge on any atom is -0.255 e. The highest BCUT2D eigenvalue weighted by atomic mass is 14.9. The lowest BCUT2D eigenvalue weighted by Gasteiger charge is -2.15. The Morgan fingerprint density at radius 3 is 1.52 bits per heavy atom. The van der Waals surface area contributed by atoms with Crippen LogP contribution in [0, 0.1) is 0 Å². The van der Waals surface area contributed by atoms with Gasteiger partial charge in [0.2, 0.25) is 0 Å². The number of hydrogen-bond donors (Lipinski definition) is 0. The maximum absolute atomic E-state index is 5.35. The molecule has 50 heavy (non-hydrogen) atoms. The van der Waals surface area contributed by atoms with Gasteiger partial charge >= 0.3 is 0 Å². The van der Waals surface area contributed by atoms with Crippen molar-refractivity contribution < 1.29 is 0 Å². The van der Waals surface area contributed by atoms with Crippen LogP contribution < -0.4 is 0 Å². The van der Waals surface area contributed by atoms with Crippen LogP contribution in [0.1, 0.15) is 0 Å². The fourth-order valence-corrected chi connectivity index (χ4v) is 7.25. The summed E-state index contributed by atoms with van der Waals surface area (Å²) in [4.78, 5) is 24.6. The summed E-state index contributed by atoms with van der Waals surface area (Å²) in [5, 5.41) is 10.3. The highest BCUT2D eigenvalue weighted by molar-refractivity contribution is 6.26. The van der Waals surface area contributed by atoms with E-state index in [1.165, 1.54) is 21.5 Å². The summed E-state index contributed by atoms with van der Waals surface area (Å²) < 4.78 is 0. The molecule has 4 aromatic heterocycles. The standard InChI is InChI=1S/C45H27N5/c1-2-12-29-24-38-37(23-28(29)11-1)34-15-5-6-16-35(34)39-27-48-45(50-44(38)39)36-20-19-31(32-13-3-4-14-33(32)36)30-25-42(40-17-7-9-21-46-40)49-43(26-30)41-18-8-10-22-47-41/h1-27H. The Bertz CT molecular complexity index is 2860. The maximum Gasteiger partial charge on any atom is 0.160 e. The van der Waals surface area contributed by atoms with Crippen molar-refractivity contribution in [2.75, 3.05) is 0 Å². The molecule has 10 rings (SSSR count). The second kappa shape index (κ2) is 11.4. The Morgan fingerprint density at radius 2 is 0.880 bits per heavy atom. The van der Waals surface area contributed by atoms with Crippen molar-refractivity contribution >= 4 is 54.0 Å². The molecule has 0 fully saturated rings. The van der Waals surface area contributed by atoms with E-state index in [1.807, 2.05) is 42.6 Å². The minimum atomic E-state index is 0.697. The fourth-order valence-electron chi connectivity index (χ4n) is 7.25. The largest absolute Gasteiger partial charge is 0.255 e. The molecule has 0 radical (unpaired) electrons. The van der Waals surface area contributed by atoms with Gasteiger partial charge < -0.3 is 0 Å². The van der Waals surface area contributed by atoms with Crippen molar-refractivity contribution in [1.29, 1.82) is 0 Å². The predicted molar refractivity (Wildman–Crippen MR) is 205 cm³/mol. The summed E-state index contributed by atoms with van der Waals surface area (Å²) in [6.45, 7) is 0. The molecule has 4 heterocycles. The van der Waals surface area contributed by atoms with E-state index in [9.17, 15) is 0 Å². The maximum atomic E-state index is 5.35. The zero-order chi connectivity index (χ0) is 33.0. The molecular weight excluding hydrogens is 611 g/mol. The molecule has 0 unspecified atom stereocenters. The van der Waals surface area contributed by atoms with Crippen LogP contribution in [0.2, 0.25) is 0 Å². The SMILES string of the molecule is c1ccc(-c2cc(-c3ccc(-c4ncc5c6ccccc6c6cc7ccccc7cc6c5n4)c4ccccc34)cc(-c3ccccn3)n2)nc1.